The highest BCUT2D eigenvalue weighted by molar-refractivity contribution is 7.91. The third kappa shape index (κ3) is 5.09. The summed E-state index contributed by atoms with van der Waals surface area (Å²) < 4.78 is 28.7. The second-order valence-electron chi connectivity index (χ2n) is 7.89. The predicted octanol–water partition coefficient (Wildman–Crippen LogP) is 2.66. The van der Waals surface area contributed by atoms with Gasteiger partial charge in [-0.2, -0.15) is 4.31 Å². The molecule has 1 amide bonds. The average Bonchev–Trinajstić information content (AvgIpc) is 3.31. The van der Waals surface area contributed by atoms with E-state index >= 15 is 0 Å². The van der Waals surface area contributed by atoms with Gasteiger partial charge in [-0.1, -0.05) is 11.3 Å². The van der Waals surface area contributed by atoms with Crippen LogP contribution >= 0.6 is 22.7 Å². The van der Waals surface area contributed by atoms with Crippen molar-refractivity contribution in [2.45, 2.75) is 31.0 Å². The lowest BCUT2D eigenvalue weighted by atomic mass is 10.2. The van der Waals surface area contributed by atoms with E-state index in [1.807, 2.05) is 6.92 Å². The van der Waals surface area contributed by atoms with E-state index in [4.69, 9.17) is 5.11 Å². The van der Waals surface area contributed by atoms with Crippen LogP contribution in [0.4, 0.5) is 15.7 Å². The van der Waals surface area contributed by atoms with E-state index < -0.39 is 16.1 Å². The molecule has 1 aliphatic heterocycles. The Hall–Kier alpha value is -2.39. The maximum Gasteiger partial charge on any atom is 0.410 e. The highest BCUT2D eigenvalue weighted by atomic mass is 32.2. The molecule has 0 saturated carbocycles. The molecule has 14 heteroatoms. The number of piperazine rings is 1. The van der Waals surface area contributed by atoms with Crippen molar-refractivity contribution < 1.29 is 18.3 Å². The lowest BCUT2D eigenvalue weighted by Gasteiger charge is -2.35. The first-order valence-corrected chi connectivity index (χ1v) is 13.4. The molecule has 3 aromatic rings. The van der Waals surface area contributed by atoms with Crippen LogP contribution in [-0.4, -0.2) is 82.5 Å². The van der Waals surface area contributed by atoms with E-state index in [-0.39, 0.29) is 15.4 Å². The van der Waals surface area contributed by atoms with Gasteiger partial charge in [-0.15, -0.1) is 11.3 Å². The number of aromatic nitrogens is 3. The van der Waals surface area contributed by atoms with Gasteiger partial charge in [0.25, 0.3) is 10.0 Å². The molecular weight excluding hydrogens is 486 g/mol. The van der Waals surface area contributed by atoms with Crippen molar-refractivity contribution in [2.75, 3.05) is 43.4 Å². The summed E-state index contributed by atoms with van der Waals surface area (Å²) in [5.74, 6) is 0.818. The minimum atomic E-state index is -3.73. The van der Waals surface area contributed by atoms with Gasteiger partial charge in [-0.3, -0.25) is 10.2 Å². The fourth-order valence-electron chi connectivity index (χ4n) is 3.77. The Bertz CT molecular complexity index is 1270. The maximum absolute atomic E-state index is 13.1. The molecule has 3 N–H and O–H groups in total. The Balaban J connectivity index is 1.35. The van der Waals surface area contributed by atoms with Gasteiger partial charge in [0.2, 0.25) is 0 Å². The molecule has 4 rings (SSSR count). The van der Waals surface area contributed by atoms with Gasteiger partial charge in [0.15, 0.2) is 9.34 Å². The number of sulfonamides is 1. The summed E-state index contributed by atoms with van der Waals surface area (Å²) in [5, 5.41) is 16.5. The molecule has 1 aliphatic rings. The van der Waals surface area contributed by atoms with Crippen LogP contribution in [-0.2, 0) is 10.0 Å². The van der Waals surface area contributed by atoms with Crippen LogP contribution in [0.2, 0.25) is 0 Å². The van der Waals surface area contributed by atoms with Gasteiger partial charge in [-0.25, -0.2) is 28.2 Å². The van der Waals surface area contributed by atoms with Crippen LogP contribution < -0.4 is 10.6 Å². The Morgan fingerprint density at radius 1 is 1.24 bits per heavy atom. The zero-order valence-corrected chi connectivity index (χ0v) is 20.8. The number of thiophene rings is 1. The largest absolute Gasteiger partial charge is 0.465 e. The van der Waals surface area contributed by atoms with Crippen molar-refractivity contribution in [3.8, 4) is 0 Å². The van der Waals surface area contributed by atoms with Crippen molar-refractivity contribution in [1.82, 2.24) is 24.2 Å². The third-order valence-corrected chi connectivity index (χ3v) is 9.97. The number of hydrogen-bond donors (Lipinski definition) is 3. The molecule has 1 fully saturated rings. The Labute approximate surface area is 199 Å². The summed E-state index contributed by atoms with van der Waals surface area (Å²) in [5.41, 5.74) is 2.39. The molecule has 0 aliphatic carbocycles. The van der Waals surface area contributed by atoms with E-state index in [1.54, 1.807) is 24.6 Å². The molecular formula is C19H25N7O4S3. The number of nitrogens with zero attached hydrogens (tertiary/aromatic N) is 5. The zero-order valence-electron chi connectivity index (χ0n) is 18.4. The number of amides is 1. The van der Waals surface area contributed by atoms with Crippen molar-refractivity contribution in [1.29, 1.82) is 0 Å². The van der Waals surface area contributed by atoms with Crippen LogP contribution in [0.15, 0.2) is 15.9 Å². The number of nitrogens with one attached hydrogen (secondary N) is 2. The van der Waals surface area contributed by atoms with Crippen LogP contribution in [0.25, 0.3) is 10.2 Å². The van der Waals surface area contributed by atoms with Crippen LogP contribution in [0, 0.1) is 13.8 Å². The van der Waals surface area contributed by atoms with Crippen molar-refractivity contribution >= 4 is 60.0 Å². The molecule has 0 bridgehead atoms. The van der Waals surface area contributed by atoms with Crippen molar-refractivity contribution in [2.24, 2.45) is 0 Å². The summed E-state index contributed by atoms with van der Waals surface area (Å²) in [7, 11) is -3.73. The second-order valence-corrected chi connectivity index (χ2v) is 11.9. The molecule has 0 aromatic carbocycles. The molecule has 11 nitrogen and oxygen atoms in total. The first kappa shape index (κ1) is 23.8. The molecule has 1 saturated heterocycles. The lowest BCUT2D eigenvalue weighted by Crippen LogP contribution is -2.50. The highest BCUT2D eigenvalue weighted by Crippen LogP contribution is 2.31. The first-order valence-electron chi connectivity index (χ1n) is 10.3. The quantitative estimate of drug-likeness (QED) is 0.436. The number of fused-ring (bicyclic) bond motifs is 1. The summed E-state index contributed by atoms with van der Waals surface area (Å²) in [4.78, 5) is 25.8. The summed E-state index contributed by atoms with van der Waals surface area (Å²) >= 11 is 2.46. The van der Waals surface area contributed by atoms with Crippen LogP contribution in [0.3, 0.4) is 0 Å². The van der Waals surface area contributed by atoms with Gasteiger partial charge in [0, 0.05) is 38.8 Å². The fourth-order valence-corrected chi connectivity index (χ4v) is 7.69. The topological polar surface area (TPSA) is 141 Å². The standard InChI is InChI=1S/C19H25N7O4S3/c1-11-9-31-15-14(11)20-10-21-16(15)22-12(2)8-25-4-6-26(7-5-25)33(29,30)17-13(3)23-18(32-17)24-19(27)28/h9-10,12H,4-8H2,1-3H3,(H,23,24)(H,27,28)(H,20,21,22)/t12-/m0/s1. The molecule has 0 spiro atoms. The number of thiazole rings is 1. The van der Waals surface area contributed by atoms with Gasteiger partial charge >= 0.3 is 6.09 Å². The number of hydrogen-bond acceptors (Lipinski definition) is 10. The van der Waals surface area contributed by atoms with Crippen LogP contribution in [0.5, 0.6) is 0 Å². The van der Waals surface area contributed by atoms with E-state index in [0.717, 1.165) is 39.5 Å². The molecule has 4 heterocycles. The number of carboxylic acid groups (broad SMARTS) is 1. The lowest BCUT2D eigenvalue weighted by molar-refractivity contribution is 0.184. The van der Waals surface area contributed by atoms with Gasteiger partial charge in [-0.05, 0) is 31.7 Å². The Kier molecular flexibility index (Phi) is 6.81. The number of carbonyl (C=O) groups is 1. The molecule has 3 aromatic heterocycles. The second kappa shape index (κ2) is 9.46. The summed E-state index contributed by atoms with van der Waals surface area (Å²) in [6.45, 7) is 8.33. The highest BCUT2D eigenvalue weighted by Gasteiger charge is 2.32. The first-order chi connectivity index (χ1) is 15.6. The van der Waals surface area contributed by atoms with E-state index in [9.17, 15) is 13.2 Å². The summed E-state index contributed by atoms with van der Waals surface area (Å²) in [6, 6.07) is 0.113. The van der Waals surface area contributed by atoms with Crippen molar-refractivity contribution in [3.63, 3.8) is 0 Å². The van der Waals surface area contributed by atoms with E-state index in [0.29, 0.717) is 31.9 Å². The fraction of sp³-hybridized carbons (Fsp3) is 0.474. The van der Waals surface area contributed by atoms with Crippen LogP contribution in [0.1, 0.15) is 18.2 Å². The minimum absolute atomic E-state index is 0.0527. The monoisotopic (exact) mass is 511 g/mol. The van der Waals surface area contributed by atoms with Crippen molar-refractivity contribution in [3.05, 3.63) is 23.0 Å². The maximum atomic E-state index is 13.1. The zero-order chi connectivity index (χ0) is 23.8. The SMILES string of the molecule is Cc1nc(NC(=O)O)sc1S(=O)(=O)N1CCN(C[C@H](C)Nc2ncnc3c(C)csc23)CC1. The molecule has 0 radical (unpaired) electrons. The third-order valence-electron chi connectivity index (χ3n) is 5.32. The van der Waals surface area contributed by atoms with E-state index in [1.165, 1.54) is 4.31 Å². The molecule has 0 unspecified atom stereocenters. The average molecular weight is 512 g/mol. The number of aryl methyl sites for hydroxylation is 2. The number of anilines is 2. The Morgan fingerprint density at radius 3 is 2.67 bits per heavy atom. The minimum Gasteiger partial charge on any atom is -0.465 e. The summed E-state index contributed by atoms with van der Waals surface area (Å²) in [6.07, 6.45) is 0.292. The van der Waals surface area contributed by atoms with Gasteiger partial charge in [0.1, 0.15) is 12.1 Å². The molecule has 33 heavy (non-hydrogen) atoms. The van der Waals surface area contributed by atoms with E-state index in [2.05, 4.69) is 42.8 Å². The Morgan fingerprint density at radius 2 is 1.97 bits per heavy atom. The van der Waals surface area contributed by atoms with Gasteiger partial charge < -0.3 is 10.4 Å². The normalized spacial score (nSPS) is 16.7. The number of rotatable bonds is 7. The predicted molar refractivity (Wildman–Crippen MR) is 129 cm³/mol. The molecule has 1 atom stereocenters. The smallest absolute Gasteiger partial charge is 0.410 e. The van der Waals surface area contributed by atoms with Gasteiger partial charge in [0.05, 0.1) is 15.9 Å². The molecule has 178 valence electrons.